The molecule has 122 valence electrons. The lowest BCUT2D eigenvalue weighted by Gasteiger charge is -2.39. The lowest BCUT2D eigenvalue weighted by Crippen LogP contribution is -2.45. The van der Waals surface area contributed by atoms with Gasteiger partial charge in [-0.1, -0.05) is 42.5 Å². The Morgan fingerprint density at radius 3 is 2.62 bits per heavy atom. The van der Waals surface area contributed by atoms with Crippen LogP contribution in [0.25, 0.3) is 0 Å². The highest BCUT2D eigenvalue weighted by atomic mass is 15.2. The molecule has 0 aromatic heterocycles. The van der Waals surface area contributed by atoms with Gasteiger partial charge in [-0.15, -0.1) is 0 Å². The van der Waals surface area contributed by atoms with Gasteiger partial charge >= 0.3 is 0 Å². The van der Waals surface area contributed by atoms with E-state index < -0.39 is 0 Å². The average molecular weight is 316 g/mol. The number of hydrogen-bond donors (Lipinski definition) is 0. The molecule has 1 saturated heterocycles. The minimum Gasteiger partial charge on any atom is -0.298 e. The highest BCUT2D eigenvalue weighted by Gasteiger charge is 2.38. The quantitative estimate of drug-likeness (QED) is 0.780. The van der Waals surface area contributed by atoms with E-state index in [2.05, 4.69) is 47.4 Å². The molecular formula is C22H24N2. The van der Waals surface area contributed by atoms with E-state index in [0.29, 0.717) is 0 Å². The van der Waals surface area contributed by atoms with E-state index in [-0.39, 0.29) is 0 Å². The fraction of sp³-hybridized carbons (Fsp3) is 0.409. The number of nitriles is 1. The third-order valence-electron chi connectivity index (χ3n) is 5.59. The second-order valence-corrected chi connectivity index (χ2v) is 7.46. The van der Waals surface area contributed by atoms with Gasteiger partial charge in [0.2, 0.25) is 0 Å². The van der Waals surface area contributed by atoms with E-state index in [9.17, 15) is 0 Å². The van der Waals surface area contributed by atoms with Gasteiger partial charge in [0.25, 0.3) is 0 Å². The average Bonchev–Trinajstić information content (AvgIpc) is 3.37. The van der Waals surface area contributed by atoms with Crippen molar-refractivity contribution in [3.63, 3.8) is 0 Å². The highest BCUT2D eigenvalue weighted by Crippen LogP contribution is 2.50. The summed E-state index contributed by atoms with van der Waals surface area (Å²) in [5.41, 5.74) is 3.57. The zero-order valence-corrected chi connectivity index (χ0v) is 14.1. The first kappa shape index (κ1) is 15.4. The molecule has 2 aliphatic rings. The summed E-state index contributed by atoms with van der Waals surface area (Å²) in [6, 6.07) is 21.2. The second-order valence-electron chi connectivity index (χ2n) is 7.46. The van der Waals surface area contributed by atoms with Crippen LogP contribution < -0.4 is 0 Å². The van der Waals surface area contributed by atoms with E-state index in [1.807, 2.05) is 18.2 Å². The van der Waals surface area contributed by atoms with Crippen LogP contribution in [0.4, 0.5) is 0 Å². The zero-order chi connectivity index (χ0) is 16.4. The molecule has 0 N–H and O–H groups in total. The molecule has 0 amide bonds. The van der Waals surface area contributed by atoms with Crippen molar-refractivity contribution in [2.75, 3.05) is 13.1 Å². The summed E-state index contributed by atoms with van der Waals surface area (Å²) in [6.45, 7) is 3.43. The molecule has 2 fully saturated rings. The van der Waals surface area contributed by atoms with Crippen molar-refractivity contribution in [1.29, 1.82) is 5.26 Å². The maximum Gasteiger partial charge on any atom is 0.0991 e. The molecule has 24 heavy (non-hydrogen) atoms. The van der Waals surface area contributed by atoms with Crippen LogP contribution in [-0.4, -0.2) is 18.0 Å². The Morgan fingerprint density at radius 2 is 1.83 bits per heavy atom. The van der Waals surface area contributed by atoms with Crippen LogP contribution in [0.15, 0.2) is 54.6 Å². The van der Waals surface area contributed by atoms with Gasteiger partial charge in [-0.05, 0) is 60.3 Å². The molecule has 0 bridgehead atoms. The first-order valence-corrected chi connectivity index (χ1v) is 9.08. The minimum absolute atomic E-state index is 0.769. The van der Waals surface area contributed by atoms with Crippen molar-refractivity contribution in [2.24, 2.45) is 11.8 Å². The van der Waals surface area contributed by atoms with Gasteiger partial charge in [-0.3, -0.25) is 4.90 Å². The number of hydrogen-bond acceptors (Lipinski definition) is 2. The van der Waals surface area contributed by atoms with Crippen molar-refractivity contribution in [2.45, 2.75) is 31.7 Å². The molecule has 2 nitrogen and oxygen atoms in total. The van der Waals surface area contributed by atoms with Gasteiger partial charge < -0.3 is 0 Å². The molecule has 2 heteroatoms. The van der Waals surface area contributed by atoms with Crippen molar-refractivity contribution in [1.82, 2.24) is 4.90 Å². The van der Waals surface area contributed by atoms with Crippen molar-refractivity contribution < 1.29 is 0 Å². The second kappa shape index (κ2) is 6.79. The van der Waals surface area contributed by atoms with E-state index in [1.54, 1.807) is 0 Å². The van der Waals surface area contributed by atoms with E-state index in [4.69, 9.17) is 5.26 Å². The molecular weight excluding hydrogens is 292 g/mol. The number of rotatable bonds is 6. The monoisotopic (exact) mass is 316 g/mol. The summed E-state index contributed by atoms with van der Waals surface area (Å²) in [4.78, 5) is 2.50. The normalized spacial score (nSPS) is 23.5. The first-order chi connectivity index (χ1) is 11.8. The summed E-state index contributed by atoms with van der Waals surface area (Å²) in [5.74, 6) is 2.63. The Bertz CT molecular complexity index is 725. The maximum atomic E-state index is 8.98. The van der Waals surface area contributed by atoms with Gasteiger partial charge in [0.1, 0.15) is 0 Å². The van der Waals surface area contributed by atoms with Crippen LogP contribution in [-0.2, 0) is 6.54 Å². The standard InChI is InChI=1S/C22H24N2/c23-13-17-5-4-6-18(11-17)14-24-15-19(16-24)9-10-21-12-22(21)20-7-2-1-3-8-20/h1-8,11,19,21-22H,9-10,12,14-16H2. The fourth-order valence-electron chi connectivity index (χ4n) is 4.11. The lowest BCUT2D eigenvalue weighted by molar-refractivity contribution is 0.0838. The Hall–Kier alpha value is -2.11. The zero-order valence-electron chi connectivity index (χ0n) is 14.1. The molecule has 2 atom stereocenters. The lowest BCUT2D eigenvalue weighted by atomic mass is 9.92. The summed E-state index contributed by atoms with van der Waals surface area (Å²) < 4.78 is 0. The predicted octanol–water partition coefficient (Wildman–Crippen LogP) is 4.57. The number of likely N-dealkylation sites (tertiary alicyclic amines) is 1. The van der Waals surface area contributed by atoms with Crippen molar-refractivity contribution in [3.8, 4) is 6.07 Å². The van der Waals surface area contributed by atoms with Gasteiger partial charge in [-0.2, -0.15) is 5.26 Å². The summed E-state index contributed by atoms with van der Waals surface area (Å²) in [6.07, 6.45) is 4.16. The molecule has 2 unspecified atom stereocenters. The largest absolute Gasteiger partial charge is 0.298 e. The van der Waals surface area contributed by atoms with Crippen molar-refractivity contribution >= 4 is 0 Å². The molecule has 4 rings (SSSR count). The van der Waals surface area contributed by atoms with Crippen LogP contribution in [0.3, 0.4) is 0 Å². The molecule has 1 saturated carbocycles. The third-order valence-corrected chi connectivity index (χ3v) is 5.59. The Kier molecular flexibility index (Phi) is 4.36. The predicted molar refractivity (Wildman–Crippen MR) is 96.4 cm³/mol. The third kappa shape index (κ3) is 3.52. The SMILES string of the molecule is N#Cc1cccc(CN2CC(CCC3CC3c3ccccc3)C2)c1. The van der Waals surface area contributed by atoms with Gasteiger partial charge in [0.05, 0.1) is 11.6 Å². The molecule has 2 aromatic rings. The van der Waals surface area contributed by atoms with Crippen LogP contribution in [0.2, 0.25) is 0 Å². The molecule has 1 aliphatic heterocycles. The van der Waals surface area contributed by atoms with Gasteiger partial charge in [0, 0.05) is 19.6 Å². The van der Waals surface area contributed by atoms with Crippen LogP contribution in [0.1, 0.15) is 41.9 Å². The summed E-state index contributed by atoms with van der Waals surface area (Å²) >= 11 is 0. The smallest absolute Gasteiger partial charge is 0.0991 e. The number of benzene rings is 2. The molecule has 0 radical (unpaired) electrons. The molecule has 2 aromatic carbocycles. The van der Waals surface area contributed by atoms with Crippen LogP contribution in [0.5, 0.6) is 0 Å². The Balaban J connectivity index is 1.17. The highest BCUT2D eigenvalue weighted by molar-refractivity contribution is 5.32. The molecule has 1 aliphatic carbocycles. The Labute approximate surface area is 144 Å². The first-order valence-electron chi connectivity index (χ1n) is 9.08. The van der Waals surface area contributed by atoms with Crippen molar-refractivity contribution in [3.05, 3.63) is 71.3 Å². The molecule has 0 spiro atoms. The van der Waals surface area contributed by atoms with E-state index >= 15 is 0 Å². The van der Waals surface area contributed by atoms with Gasteiger partial charge in [0.15, 0.2) is 0 Å². The van der Waals surface area contributed by atoms with Gasteiger partial charge in [-0.25, -0.2) is 0 Å². The minimum atomic E-state index is 0.769. The maximum absolute atomic E-state index is 8.98. The Morgan fingerprint density at radius 1 is 1.00 bits per heavy atom. The van der Waals surface area contributed by atoms with E-state index in [1.165, 1.54) is 43.5 Å². The van der Waals surface area contributed by atoms with E-state index in [0.717, 1.165) is 29.9 Å². The van der Waals surface area contributed by atoms with Crippen LogP contribution in [0, 0.1) is 23.2 Å². The number of nitrogens with zero attached hydrogens (tertiary/aromatic N) is 2. The summed E-state index contributed by atoms with van der Waals surface area (Å²) in [5, 5.41) is 8.98. The topological polar surface area (TPSA) is 27.0 Å². The summed E-state index contributed by atoms with van der Waals surface area (Å²) in [7, 11) is 0. The van der Waals surface area contributed by atoms with Crippen LogP contribution >= 0.6 is 0 Å². The fourth-order valence-corrected chi connectivity index (χ4v) is 4.11. The molecule has 1 heterocycles.